The first-order chi connectivity index (χ1) is 9.31. The lowest BCUT2D eigenvalue weighted by molar-refractivity contribution is -0.154. The molecule has 0 unspecified atom stereocenters. The molecule has 1 aromatic heterocycles. The van der Waals surface area contributed by atoms with E-state index >= 15 is 0 Å². The Balaban J connectivity index is 1.97. The van der Waals surface area contributed by atoms with Crippen LogP contribution < -0.4 is 5.32 Å². The number of carbonyl (C=O) groups is 1. The van der Waals surface area contributed by atoms with Crippen LogP contribution >= 0.6 is 11.3 Å². The first-order valence-corrected chi connectivity index (χ1v) is 7.65. The highest BCUT2D eigenvalue weighted by atomic mass is 32.1. The molecule has 0 bridgehead atoms. The van der Waals surface area contributed by atoms with Crippen LogP contribution in [0.15, 0.2) is 6.20 Å². The van der Waals surface area contributed by atoms with Gasteiger partial charge in [0, 0.05) is 19.0 Å². The summed E-state index contributed by atoms with van der Waals surface area (Å²) in [6.07, 6.45) is 2.50. The molecule has 1 N–H and O–H groups in total. The van der Waals surface area contributed by atoms with Gasteiger partial charge in [0.1, 0.15) is 11.6 Å². The van der Waals surface area contributed by atoms with Crippen LogP contribution in [-0.2, 0) is 21.8 Å². The molecule has 112 valence electrons. The lowest BCUT2D eigenvalue weighted by atomic mass is 9.95. The lowest BCUT2D eigenvalue weighted by Gasteiger charge is -2.27. The highest BCUT2D eigenvalue weighted by molar-refractivity contribution is 7.11. The predicted octanol–water partition coefficient (Wildman–Crippen LogP) is 2.78. The van der Waals surface area contributed by atoms with Crippen LogP contribution in [0.5, 0.6) is 0 Å². The third-order valence-corrected chi connectivity index (χ3v) is 4.44. The zero-order valence-corrected chi connectivity index (χ0v) is 13.0. The summed E-state index contributed by atoms with van der Waals surface area (Å²) in [4.78, 5) is 16.7. The normalized spacial score (nSPS) is 18.8. The molecule has 0 saturated carbocycles. The lowest BCUT2D eigenvalue weighted by Crippen LogP contribution is -2.36. The van der Waals surface area contributed by atoms with Crippen molar-refractivity contribution in [3.63, 3.8) is 0 Å². The van der Waals surface area contributed by atoms with Gasteiger partial charge in [0.25, 0.3) is 0 Å². The van der Waals surface area contributed by atoms with Crippen LogP contribution in [0.2, 0.25) is 0 Å². The van der Waals surface area contributed by atoms with E-state index < -0.39 is 11.1 Å². The molecule has 0 amide bonds. The minimum Gasteiger partial charge on any atom is -0.459 e. The maximum absolute atomic E-state index is 14.7. The van der Waals surface area contributed by atoms with Gasteiger partial charge in [0.2, 0.25) is 0 Å². The minimum absolute atomic E-state index is 0.169. The Morgan fingerprint density at radius 2 is 2.15 bits per heavy atom. The molecule has 0 radical (unpaired) electrons. The fourth-order valence-corrected chi connectivity index (χ4v) is 2.94. The SMILES string of the molecule is CC(C)(C)C(=O)OCc1cnc(C2(F)CCNCC2)s1. The van der Waals surface area contributed by atoms with E-state index in [-0.39, 0.29) is 12.6 Å². The third-order valence-electron chi connectivity index (χ3n) is 3.29. The molecule has 2 rings (SSSR count). The van der Waals surface area contributed by atoms with Crippen molar-refractivity contribution in [2.45, 2.75) is 45.9 Å². The smallest absolute Gasteiger partial charge is 0.311 e. The minimum atomic E-state index is -1.33. The summed E-state index contributed by atoms with van der Waals surface area (Å²) >= 11 is 1.30. The van der Waals surface area contributed by atoms with Crippen molar-refractivity contribution < 1.29 is 13.9 Å². The number of carbonyl (C=O) groups excluding carboxylic acids is 1. The fraction of sp³-hybridized carbons (Fsp3) is 0.714. The number of halogens is 1. The van der Waals surface area contributed by atoms with Crippen LogP contribution in [-0.4, -0.2) is 24.0 Å². The van der Waals surface area contributed by atoms with Gasteiger partial charge in [-0.15, -0.1) is 11.3 Å². The summed E-state index contributed by atoms with van der Waals surface area (Å²) in [5, 5.41) is 3.64. The Labute approximate surface area is 122 Å². The summed E-state index contributed by atoms with van der Waals surface area (Å²) in [7, 11) is 0. The summed E-state index contributed by atoms with van der Waals surface area (Å²) < 4.78 is 19.9. The van der Waals surface area contributed by atoms with E-state index in [0.717, 1.165) is 4.88 Å². The first-order valence-electron chi connectivity index (χ1n) is 6.83. The van der Waals surface area contributed by atoms with Crippen molar-refractivity contribution in [3.8, 4) is 0 Å². The molecular weight excluding hydrogens is 279 g/mol. The number of aromatic nitrogens is 1. The fourth-order valence-electron chi connectivity index (χ4n) is 1.97. The van der Waals surface area contributed by atoms with E-state index in [2.05, 4.69) is 10.3 Å². The van der Waals surface area contributed by atoms with Gasteiger partial charge in [-0.3, -0.25) is 4.79 Å². The van der Waals surface area contributed by atoms with Gasteiger partial charge in [-0.1, -0.05) is 0 Å². The zero-order valence-electron chi connectivity index (χ0n) is 12.2. The summed E-state index contributed by atoms with van der Waals surface area (Å²) in [6.45, 7) is 6.92. The van der Waals surface area contributed by atoms with Crippen molar-refractivity contribution in [1.82, 2.24) is 10.3 Å². The van der Waals surface area contributed by atoms with Gasteiger partial charge in [-0.25, -0.2) is 9.37 Å². The Morgan fingerprint density at radius 3 is 2.75 bits per heavy atom. The number of hydrogen-bond donors (Lipinski definition) is 1. The monoisotopic (exact) mass is 300 g/mol. The summed E-state index contributed by atoms with van der Waals surface area (Å²) in [5.41, 5.74) is -1.86. The largest absolute Gasteiger partial charge is 0.459 e. The van der Waals surface area contributed by atoms with Gasteiger partial charge in [0.05, 0.1) is 10.3 Å². The molecule has 1 fully saturated rings. The predicted molar refractivity (Wildman–Crippen MR) is 76.3 cm³/mol. The summed E-state index contributed by atoms with van der Waals surface area (Å²) in [5.74, 6) is -0.260. The highest BCUT2D eigenvalue weighted by Gasteiger charge is 2.36. The van der Waals surface area contributed by atoms with Crippen LogP contribution in [0.4, 0.5) is 4.39 Å². The Bertz CT molecular complexity index is 476. The standard InChI is InChI=1S/C14H21FN2O2S/c1-13(2,3)12(18)19-9-10-8-17-11(20-10)14(15)4-6-16-7-5-14/h8,16H,4-7,9H2,1-3H3. The van der Waals surface area contributed by atoms with Gasteiger partial charge in [-0.2, -0.15) is 0 Å². The van der Waals surface area contributed by atoms with E-state index in [4.69, 9.17) is 4.74 Å². The number of esters is 1. The molecule has 4 nitrogen and oxygen atoms in total. The summed E-state index contributed by atoms with van der Waals surface area (Å²) in [6, 6.07) is 0. The van der Waals surface area contributed by atoms with E-state index in [1.807, 2.05) is 0 Å². The number of hydrogen-bond acceptors (Lipinski definition) is 5. The van der Waals surface area contributed by atoms with Crippen LogP contribution in [0, 0.1) is 5.41 Å². The van der Waals surface area contributed by atoms with E-state index in [1.165, 1.54) is 11.3 Å². The van der Waals surface area contributed by atoms with Gasteiger partial charge in [-0.05, 0) is 33.9 Å². The topological polar surface area (TPSA) is 51.2 Å². The molecule has 2 heterocycles. The maximum Gasteiger partial charge on any atom is 0.311 e. The van der Waals surface area contributed by atoms with Crippen molar-refractivity contribution in [2.24, 2.45) is 5.41 Å². The molecule has 0 aromatic carbocycles. The molecule has 1 saturated heterocycles. The average molecular weight is 300 g/mol. The molecular formula is C14H21FN2O2S. The molecule has 0 spiro atoms. The first kappa shape index (κ1) is 15.4. The van der Waals surface area contributed by atoms with Crippen molar-refractivity contribution in [3.05, 3.63) is 16.1 Å². The highest BCUT2D eigenvalue weighted by Crippen LogP contribution is 2.37. The third kappa shape index (κ3) is 3.55. The van der Waals surface area contributed by atoms with Crippen molar-refractivity contribution in [2.75, 3.05) is 13.1 Å². The Morgan fingerprint density at radius 1 is 1.50 bits per heavy atom. The second-order valence-corrected chi connectivity index (χ2v) is 7.29. The van der Waals surface area contributed by atoms with Crippen LogP contribution in [0.25, 0.3) is 0 Å². The van der Waals surface area contributed by atoms with Crippen LogP contribution in [0.1, 0.15) is 43.5 Å². The quantitative estimate of drug-likeness (QED) is 0.872. The Kier molecular flexibility index (Phi) is 4.44. The second kappa shape index (κ2) is 5.77. The molecule has 1 aliphatic heterocycles. The van der Waals surface area contributed by atoms with Crippen molar-refractivity contribution >= 4 is 17.3 Å². The number of alkyl halides is 1. The molecule has 1 aliphatic rings. The molecule has 20 heavy (non-hydrogen) atoms. The molecule has 6 heteroatoms. The van der Waals surface area contributed by atoms with Gasteiger partial charge in [0.15, 0.2) is 5.67 Å². The number of rotatable bonds is 3. The second-order valence-electron chi connectivity index (χ2n) is 6.17. The average Bonchev–Trinajstić information content (AvgIpc) is 2.85. The molecule has 0 aliphatic carbocycles. The Hall–Kier alpha value is -1.01. The van der Waals surface area contributed by atoms with Crippen LogP contribution in [0.3, 0.4) is 0 Å². The zero-order chi connectivity index (χ0) is 14.8. The van der Waals surface area contributed by atoms with E-state index in [9.17, 15) is 9.18 Å². The number of thiazole rings is 1. The maximum atomic E-state index is 14.7. The molecule has 0 atom stereocenters. The number of piperidine rings is 1. The number of nitrogens with zero attached hydrogens (tertiary/aromatic N) is 1. The van der Waals surface area contributed by atoms with Gasteiger partial charge < -0.3 is 10.1 Å². The van der Waals surface area contributed by atoms with E-state index in [1.54, 1.807) is 27.0 Å². The van der Waals surface area contributed by atoms with Crippen molar-refractivity contribution in [1.29, 1.82) is 0 Å². The molecule has 1 aromatic rings. The number of nitrogens with one attached hydrogen (secondary N) is 1. The van der Waals surface area contributed by atoms with Gasteiger partial charge >= 0.3 is 5.97 Å². The van der Waals surface area contributed by atoms with E-state index in [0.29, 0.717) is 30.9 Å². The number of ether oxygens (including phenoxy) is 1.